The molecule has 1 aromatic rings. The highest BCUT2D eigenvalue weighted by Gasteiger charge is 2.27. The predicted octanol–water partition coefficient (Wildman–Crippen LogP) is 2.16. The lowest BCUT2D eigenvalue weighted by Crippen LogP contribution is -2.37. The second-order valence-electron chi connectivity index (χ2n) is 5.71. The van der Waals surface area contributed by atoms with Crippen molar-refractivity contribution in [2.45, 2.75) is 39.2 Å². The number of nitrogens with zero attached hydrogens (tertiary/aromatic N) is 1. The van der Waals surface area contributed by atoms with Crippen molar-refractivity contribution in [2.75, 3.05) is 13.1 Å². The third-order valence-corrected chi connectivity index (χ3v) is 3.71. The zero-order valence-corrected chi connectivity index (χ0v) is 12.3. The summed E-state index contributed by atoms with van der Waals surface area (Å²) in [6.45, 7) is 7.08. The first kappa shape index (κ1) is 14.6. The van der Waals surface area contributed by atoms with E-state index in [2.05, 4.69) is 19.2 Å². The highest BCUT2D eigenvalue weighted by molar-refractivity contribution is 5.94. The SMILES string of the molecule is CC(=O)N[C@@H]1CCN(C(=O)c2ccc(C(C)C)cc2)C1. The molecule has 0 aromatic heterocycles. The summed E-state index contributed by atoms with van der Waals surface area (Å²) in [5, 5.41) is 2.87. The van der Waals surface area contributed by atoms with Crippen molar-refractivity contribution < 1.29 is 9.59 Å². The largest absolute Gasteiger partial charge is 0.352 e. The maximum atomic E-state index is 12.4. The summed E-state index contributed by atoms with van der Waals surface area (Å²) in [7, 11) is 0. The van der Waals surface area contributed by atoms with E-state index in [9.17, 15) is 9.59 Å². The molecule has 4 nitrogen and oxygen atoms in total. The lowest BCUT2D eigenvalue weighted by atomic mass is 10.0. The van der Waals surface area contributed by atoms with E-state index in [0.717, 1.165) is 12.0 Å². The van der Waals surface area contributed by atoms with Gasteiger partial charge < -0.3 is 10.2 Å². The molecule has 2 rings (SSSR count). The van der Waals surface area contributed by atoms with E-state index in [0.29, 0.717) is 19.0 Å². The highest BCUT2D eigenvalue weighted by Crippen LogP contribution is 2.17. The molecule has 0 unspecified atom stereocenters. The first-order valence-electron chi connectivity index (χ1n) is 7.13. The van der Waals surface area contributed by atoms with Crippen LogP contribution in [0.25, 0.3) is 0 Å². The van der Waals surface area contributed by atoms with E-state index < -0.39 is 0 Å². The smallest absolute Gasteiger partial charge is 0.253 e. The second-order valence-corrected chi connectivity index (χ2v) is 5.71. The molecule has 0 spiro atoms. The van der Waals surface area contributed by atoms with Gasteiger partial charge in [0.2, 0.25) is 5.91 Å². The summed E-state index contributed by atoms with van der Waals surface area (Å²) in [5.74, 6) is 0.480. The monoisotopic (exact) mass is 274 g/mol. The molecule has 1 saturated heterocycles. The number of carbonyl (C=O) groups excluding carboxylic acids is 2. The van der Waals surface area contributed by atoms with Crippen molar-refractivity contribution in [2.24, 2.45) is 0 Å². The van der Waals surface area contributed by atoms with E-state index in [1.54, 1.807) is 0 Å². The van der Waals surface area contributed by atoms with Crippen molar-refractivity contribution in [3.63, 3.8) is 0 Å². The number of nitrogens with one attached hydrogen (secondary N) is 1. The molecule has 1 heterocycles. The molecule has 0 radical (unpaired) electrons. The molecular formula is C16H22N2O2. The predicted molar refractivity (Wildman–Crippen MR) is 78.7 cm³/mol. The van der Waals surface area contributed by atoms with Crippen molar-refractivity contribution in [1.29, 1.82) is 0 Å². The summed E-state index contributed by atoms with van der Waals surface area (Å²) >= 11 is 0. The number of rotatable bonds is 3. The van der Waals surface area contributed by atoms with Crippen LogP contribution >= 0.6 is 0 Å². The Kier molecular flexibility index (Phi) is 4.42. The van der Waals surface area contributed by atoms with Crippen LogP contribution in [-0.2, 0) is 4.79 Å². The molecule has 108 valence electrons. The Labute approximate surface area is 120 Å². The van der Waals surface area contributed by atoms with Crippen LogP contribution in [0.4, 0.5) is 0 Å². The number of likely N-dealkylation sites (tertiary alicyclic amines) is 1. The first-order chi connectivity index (χ1) is 9.47. The van der Waals surface area contributed by atoms with Gasteiger partial charge in [0.05, 0.1) is 0 Å². The zero-order valence-electron chi connectivity index (χ0n) is 12.3. The maximum absolute atomic E-state index is 12.4. The second kappa shape index (κ2) is 6.07. The molecule has 2 amide bonds. The normalized spacial score (nSPS) is 18.4. The van der Waals surface area contributed by atoms with E-state index in [4.69, 9.17) is 0 Å². The number of hydrogen-bond acceptors (Lipinski definition) is 2. The minimum absolute atomic E-state index is 0.0365. The Morgan fingerprint density at radius 1 is 1.25 bits per heavy atom. The van der Waals surface area contributed by atoms with Crippen molar-refractivity contribution in [3.05, 3.63) is 35.4 Å². The Bertz CT molecular complexity index is 494. The molecule has 1 fully saturated rings. The molecule has 0 bridgehead atoms. The van der Waals surface area contributed by atoms with Gasteiger partial charge in [-0.25, -0.2) is 0 Å². The number of benzene rings is 1. The van der Waals surface area contributed by atoms with Gasteiger partial charge in [0.25, 0.3) is 5.91 Å². The van der Waals surface area contributed by atoms with Crippen LogP contribution in [0.15, 0.2) is 24.3 Å². The van der Waals surface area contributed by atoms with Crippen LogP contribution in [0.2, 0.25) is 0 Å². The van der Waals surface area contributed by atoms with Gasteiger partial charge in [0.15, 0.2) is 0 Å². The van der Waals surface area contributed by atoms with Gasteiger partial charge in [-0.3, -0.25) is 9.59 Å². The van der Waals surface area contributed by atoms with Crippen molar-refractivity contribution in [1.82, 2.24) is 10.2 Å². The molecule has 0 aliphatic carbocycles. The van der Waals surface area contributed by atoms with Gasteiger partial charge in [-0.1, -0.05) is 26.0 Å². The Morgan fingerprint density at radius 3 is 2.45 bits per heavy atom. The highest BCUT2D eigenvalue weighted by atomic mass is 16.2. The molecule has 1 atom stereocenters. The fraction of sp³-hybridized carbons (Fsp3) is 0.500. The molecule has 1 aromatic carbocycles. The van der Waals surface area contributed by atoms with Gasteiger partial charge in [0.1, 0.15) is 0 Å². The number of amides is 2. The van der Waals surface area contributed by atoms with E-state index in [1.807, 2.05) is 29.2 Å². The van der Waals surface area contributed by atoms with Crippen molar-refractivity contribution in [3.8, 4) is 0 Å². The van der Waals surface area contributed by atoms with Crippen LogP contribution in [0.1, 0.15) is 49.0 Å². The number of hydrogen-bond donors (Lipinski definition) is 1. The van der Waals surface area contributed by atoms with E-state index in [-0.39, 0.29) is 17.9 Å². The zero-order chi connectivity index (χ0) is 14.7. The topological polar surface area (TPSA) is 49.4 Å². The third-order valence-electron chi connectivity index (χ3n) is 3.71. The molecular weight excluding hydrogens is 252 g/mol. The van der Waals surface area contributed by atoms with E-state index >= 15 is 0 Å². The summed E-state index contributed by atoms with van der Waals surface area (Å²) < 4.78 is 0. The van der Waals surface area contributed by atoms with Gasteiger partial charge >= 0.3 is 0 Å². The minimum atomic E-state index is -0.0365. The van der Waals surface area contributed by atoms with Crippen LogP contribution in [0.5, 0.6) is 0 Å². The van der Waals surface area contributed by atoms with Crippen LogP contribution in [0.3, 0.4) is 0 Å². The average Bonchev–Trinajstić information content (AvgIpc) is 2.85. The average molecular weight is 274 g/mol. The van der Waals surface area contributed by atoms with Crippen LogP contribution in [-0.4, -0.2) is 35.8 Å². The molecule has 20 heavy (non-hydrogen) atoms. The van der Waals surface area contributed by atoms with Gasteiger partial charge in [0, 0.05) is 31.6 Å². The summed E-state index contributed by atoms with van der Waals surface area (Å²) in [6, 6.07) is 7.90. The standard InChI is InChI=1S/C16H22N2O2/c1-11(2)13-4-6-14(7-5-13)16(20)18-9-8-15(10-18)17-12(3)19/h4-7,11,15H,8-10H2,1-3H3,(H,17,19)/t15-/m1/s1. The fourth-order valence-corrected chi connectivity index (χ4v) is 2.54. The Hall–Kier alpha value is -1.84. The third kappa shape index (κ3) is 3.38. The van der Waals surface area contributed by atoms with Gasteiger partial charge in [-0.2, -0.15) is 0 Å². The Balaban J connectivity index is 1.99. The summed E-state index contributed by atoms with van der Waals surface area (Å²) in [4.78, 5) is 25.2. The summed E-state index contributed by atoms with van der Waals surface area (Å²) in [5.41, 5.74) is 1.96. The minimum Gasteiger partial charge on any atom is -0.352 e. The Morgan fingerprint density at radius 2 is 1.90 bits per heavy atom. The maximum Gasteiger partial charge on any atom is 0.253 e. The van der Waals surface area contributed by atoms with Gasteiger partial charge in [-0.15, -0.1) is 0 Å². The van der Waals surface area contributed by atoms with Crippen LogP contribution in [0, 0.1) is 0 Å². The fourth-order valence-electron chi connectivity index (χ4n) is 2.54. The van der Waals surface area contributed by atoms with Crippen LogP contribution < -0.4 is 5.32 Å². The molecule has 1 aliphatic rings. The quantitative estimate of drug-likeness (QED) is 0.918. The molecule has 0 saturated carbocycles. The lowest BCUT2D eigenvalue weighted by molar-refractivity contribution is -0.119. The van der Waals surface area contributed by atoms with Gasteiger partial charge in [-0.05, 0) is 30.0 Å². The van der Waals surface area contributed by atoms with E-state index in [1.165, 1.54) is 12.5 Å². The molecule has 1 aliphatic heterocycles. The molecule has 1 N–H and O–H groups in total. The first-order valence-corrected chi connectivity index (χ1v) is 7.13. The number of carbonyl (C=O) groups is 2. The van der Waals surface area contributed by atoms with Crippen molar-refractivity contribution >= 4 is 11.8 Å². The molecule has 4 heteroatoms. The summed E-state index contributed by atoms with van der Waals surface area (Å²) in [6.07, 6.45) is 0.829. The lowest BCUT2D eigenvalue weighted by Gasteiger charge is -2.17.